The molecule has 1 fully saturated rings. The van der Waals surface area contributed by atoms with E-state index in [1.54, 1.807) is 24.3 Å². The van der Waals surface area contributed by atoms with Crippen LogP contribution in [-0.4, -0.2) is 45.4 Å². The number of sulfonamides is 1. The van der Waals surface area contributed by atoms with Gasteiger partial charge in [0.25, 0.3) is 15.9 Å². The third-order valence-corrected chi connectivity index (χ3v) is 8.48. The minimum Gasteiger partial charge on any atom is -0.368 e. The number of carbonyl (C=O) groups excluding carboxylic acids is 1. The molecule has 0 saturated carbocycles. The molecule has 1 saturated heterocycles. The number of carbonyl (C=O) groups is 1. The standard InChI is InChI=1S/C31H39N3O3S/c1-30(2,3)24-9-7-23(8-10-24)29(35)34-21-19-33(20-22-34)27-15-13-26(14-16-27)32-38(36,37)28-17-11-25(12-18-28)31(4,5)6/h7-18,32H,19-22H2,1-6H3. The van der Waals surface area contributed by atoms with Crippen LogP contribution in [0.5, 0.6) is 0 Å². The highest BCUT2D eigenvalue weighted by molar-refractivity contribution is 7.92. The zero-order chi connectivity index (χ0) is 27.7. The first-order valence-electron chi connectivity index (χ1n) is 13.1. The Balaban J connectivity index is 1.34. The Kier molecular flexibility index (Phi) is 7.62. The van der Waals surface area contributed by atoms with E-state index in [9.17, 15) is 13.2 Å². The van der Waals surface area contributed by atoms with Crippen LogP contribution in [-0.2, 0) is 20.9 Å². The second-order valence-electron chi connectivity index (χ2n) is 12.0. The highest BCUT2D eigenvalue weighted by Crippen LogP contribution is 2.26. The van der Waals surface area contributed by atoms with Crippen LogP contribution < -0.4 is 9.62 Å². The number of hydrogen-bond acceptors (Lipinski definition) is 4. The largest absolute Gasteiger partial charge is 0.368 e. The van der Waals surface area contributed by atoms with Gasteiger partial charge < -0.3 is 9.80 Å². The van der Waals surface area contributed by atoms with Crippen molar-refractivity contribution in [3.63, 3.8) is 0 Å². The molecule has 0 aliphatic carbocycles. The van der Waals surface area contributed by atoms with E-state index < -0.39 is 10.0 Å². The van der Waals surface area contributed by atoms with Crippen LogP contribution in [0.1, 0.15) is 63.0 Å². The van der Waals surface area contributed by atoms with E-state index in [-0.39, 0.29) is 21.6 Å². The minimum atomic E-state index is -3.68. The summed E-state index contributed by atoms with van der Waals surface area (Å²) in [5.74, 6) is 0.0606. The van der Waals surface area contributed by atoms with Crippen LogP contribution >= 0.6 is 0 Å². The maximum atomic E-state index is 13.0. The summed E-state index contributed by atoms with van der Waals surface area (Å²) in [6.07, 6.45) is 0. The summed E-state index contributed by atoms with van der Waals surface area (Å²) >= 11 is 0. The number of hydrogen-bond donors (Lipinski definition) is 1. The van der Waals surface area contributed by atoms with Gasteiger partial charge in [0, 0.05) is 43.1 Å². The first-order valence-corrected chi connectivity index (χ1v) is 14.6. The second-order valence-corrected chi connectivity index (χ2v) is 13.7. The maximum absolute atomic E-state index is 13.0. The van der Waals surface area contributed by atoms with Gasteiger partial charge in [-0.3, -0.25) is 9.52 Å². The van der Waals surface area contributed by atoms with Crippen molar-refractivity contribution in [1.82, 2.24) is 4.90 Å². The Morgan fingerprint density at radius 3 is 1.63 bits per heavy atom. The van der Waals surface area contributed by atoms with E-state index in [2.05, 4.69) is 51.2 Å². The Morgan fingerprint density at radius 1 is 0.684 bits per heavy atom. The Labute approximate surface area is 227 Å². The van der Waals surface area contributed by atoms with Crippen LogP contribution in [0, 0.1) is 0 Å². The summed E-state index contributed by atoms with van der Waals surface area (Å²) in [6, 6.07) is 22.4. The van der Waals surface area contributed by atoms with Gasteiger partial charge in [-0.05, 0) is 70.5 Å². The topological polar surface area (TPSA) is 69.7 Å². The third kappa shape index (κ3) is 6.38. The Hall–Kier alpha value is -3.32. The van der Waals surface area contributed by atoms with Gasteiger partial charge in [-0.15, -0.1) is 0 Å². The fraction of sp³-hybridized carbons (Fsp3) is 0.387. The molecule has 3 aromatic carbocycles. The second kappa shape index (κ2) is 10.4. The normalized spacial score (nSPS) is 14.9. The average molecular weight is 534 g/mol. The lowest BCUT2D eigenvalue weighted by molar-refractivity contribution is 0.0746. The molecule has 1 N–H and O–H groups in total. The third-order valence-electron chi connectivity index (χ3n) is 7.08. The van der Waals surface area contributed by atoms with Crippen molar-refractivity contribution in [2.75, 3.05) is 35.8 Å². The van der Waals surface area contributed by atoms with Crippen molar-refractivity contribution in [2.24, 2.45) is 0 Å². The fourth-order valence-corrected chi connectivity index (χ4v) is 5.61. The number of benzene rings is 3. The minimum absolute atomic E-state index is 0.0397. The molecule has 1 aliphatic rings. The van der Waals surface area contributed by atoms with Crippen molar-refractivity contribution in [2.45, 2.75) is 57.3 Å². The van der Waals surface area contributed by atoms with Gasteiger partial charge >= 0.3 is 0 Å². The van der Waals surface area contributed by atoms with E-state index in [0.717, 1.165) is 29.9 Å². The lowest BCUT2D eigenvalue weighted by atomic mass is 9.86. The average Bonchev–Trinajstić information content (AvgIpc) is 2.88. The molecule has 4 rings (SSSR count). The van der Waals surface area contributed by atoms with Crippen LogP contribution in [0.4, 0.5) is 11.4 Å². The number of nitrogens with one attached hydrogen (secondary N) is 1. The van der Waals surface area contributed by atoms with Gasteiger partial charge in [-0.2, -0.15) is 0 Å². The van der Waals surface area contributed by atoms with E-state index in [1.807, 2.05) is 53.4 Å². The summed E-state index contributed by atoms with van der Waals surface area (Å²) in [5, 5.41) is 0. The van der Waals surface area contributed by atoms with Gasteiger partial charge in [0.05, 0.1) is 4.90 Å². The molecule has 0 atom stereocenters. The first kappa shape index (κ1) is 27.7. The number of nitrogens with zero attached hydrogens (tertiary/aromatic N) is 2. The quantitative estimate of drug-likeness (QED) is 0.434. The van der Waals surface area contributed by atoms with Gasteiger partial charge in [0.2, 0.25) is 0 Å². The SMILES string of the molecule is CC(C)(C)c1ccc(C(=O)N2CCN(c3ccc(NS(=O)(=O)c4ccc(C(C)(C)C)cc4)cc3)CC2)cc1. The zero-order valence-corrected chi connectivity index (χ0v) is 24.1. The summed E-state index contributed by atoms with van der Waals surface area (Å²) in [7, 11) is -3.68. The van der Waals surface area contributed by atoms with E-state index in [1.165, 1.54) is 5.56 Å². The Morgan fingerprint density at radius 2 is 1.16 bits per heavy atom. The zero-order valence-electron chi connectivity index (χ0n) is 23.3. The van der Waals surface area contributed by atoms with Gasteiger partial charge in [0.15, 0.2) is 0 Å². The summed E-state index contributed by atoms with van der Waals surface area (Å²) in [4.78, 5) is 17.4. The smallest absolute Gasteiger partial charge is 0.261 e. The van der Waals surface area contributed by atoms with E-state index >= 15 is 0 Å². The predicted octanol–water partition coefficient (Wildman–Crippen LogP) is 6.04. The molecule has 1 aliphatic heterocycles. The lowest BCUT2D eigenvalue weighted by Gasteiger charge is -2.36. The fourth-order valence-electron chi connectivity index (χ4n) is 4.55. The first-order chi connectivity index (χ1) is 17.7. The molecule has 0 unspecified atom stereocenters. The summed E-state index contributed by atoms with van der Waals surface area (Å²) < 4.78 is 28.4. The van der Waals surface area contributed by atoms with E-state index in [0.29, 0.717) is 18.8 Å². The highest BCUT2D eigenvalue weighted by Gasteiger charge is 2.23. The number of anilines is 2. The predicted molar refractivity (Wildman–Crippen MR) is 156 cm³/mol. The van der Waals surface area contributed by atoms with Crippen molar-refractivity contribution in [3.05, 3.63) is 89.5 Å². The molecule has 6 nitrogen and oxygen atoms in total. The number of rotatable bonds is 5. The lowest BCUT2D eigenvalue weighted by Crippen LogP contribution is -2.48. The molecule has 3 aromatic rings. The molecule has 1 heterocycles. The Bertz CT molecular complexity index is 1360. The van der Waals surface area contributed by atoms with Crippen LogP contribution in [0.3, 0.4) is 0 Å². The van der Waals surface area contributed by atoms with Crippen molar-refractivity contribution in [3.8, 4) is 0 Å². The summed E-state index contributed by atoms with van der Waals surface area (Å²) in [6.45, 7) is 15.5. The van der Waals surface area contributed by atoms with Crippen LogP contribution in [0.15, 0.2) is 77.7 Å². The number of amides is 1. The molecular formula is C31H39N3O3S. The van der Waals surface area contributed by atoms with Crippen molar-refractivity contribution in [1.29, 1.82) is 0 Å². The number of piperazine rings is 1. The molecule has 0 spiro atoms. The van der Waals surface area contributed by atoms with E-state index in [4.69, 9.17) is 0 Å². The van der Waals surface area contributed by atoms with Gasteiger partial charge in [-0.25, -0.2) is 8.42 Å². The van der Waals surface area contributed by atoms with Crippen molar-refractivity contribution >= 4 is 27.3 Å². The molecule has 0 radical (unpaired) electrons. The molecule has 0 aromatic heterocycles. The highest BCUT2D eigenvalue weighted by atomic mass is 32.2. The monoisotopic (exact) mass is 533 g/mol. The van der Waals surface area contributed by atoms with Crippen LogP contribution in [0.2, 0.25) is 0 Å². The van der Waals surface area contributed by atoms with Crippen molar-refractivity contribution < 1.29 is 13.2 Å². The molecule has 7 heteroatoms. The van der Waals surface area contributed by atoms with Crippen LogP contribution in [0.25, 0.3) is 0 Å². The molecule has 1 amide bonds. The summed E-state index contributed by atoms with van der Waals surface area (Å²) in [5.41, 5.74) is 4.55. The molecule has 0 bridgehead atoms. The van der Waals surface area contributed by atoms with Gasteiger partial charge in [-0.1, -0.05) is 65.8 Å². The molecule has 202 valence electrons. The van der Waals surface area contributed by atoms with Gasteiger partial charge in [0.1, 0.15) is 0 Å². The molecular weight excluding hydrogens is 494 g/mol. The maximum Gasteiger partial charge on any atom is 0.261 e. The molecule has 38 heavy (non-hydrogen) atoms.